The third-order valence-corrected chi connectivity index (χ3v) is 3.27. The van der Waals surface area contributed by atoms with E-state index in [0.29, 0.717) is 18.5 Å². The fourth-order valence-electron chi connectivity index (χ4n) is 1.71. The summed E-state index contributed by atoms with van der Waals surface area (Å²) >= 11 is 0. The standard InChI is InChI=1S/C15H26N4/c1-6-12(3)18-15(16)17-10-13-7-8-14(19(4)5)9-11(13)2/h7-9,12H,6,10H2,1-5H3,(H3,16,17,18). The van der Waals surface area contributed by atoms with Gasteiger partial charge in [-0.05, 0) is 43.5 Å². The van der Waals surface area contributed by atoms with E-state index in [1.54, 1.807) is 0 Å². The number of aliphatic imine (C=N–C) groups is 1. The average molecular weight is 262 g/mol. The summed E-state index contributed by atoms with van der Waals surface area (Å²) in [7, 11) is 4.08. The average Bonchev–Trinajstić information content (AvgIpc) is 2.36. The second-order valence-electron chi connectivity index (χ2n) is 5.16. The molecule has 1 aromatic carbocycles. The van der Waals surface area contributed by atoms with Crippen LogP contribution in [0.1, 0.15) is 31.4 Å². The second kappa shape index (κ2) is 7.02. The van der Waals surface area contributed by atoms with E-state index in [0.717, 1.165) is 6.42 Å². The molecule has 0 saturated carbocycles. The molecule has 0 saturated heterocycles. The van der Waals surface area contributed by atoms with Gasteiger partial charge in [0.15, 0.2) is 5.96 Å². The SMILES string of the molecule is CCC(C)NC(N)=NCc1ccc(N(C)C)cc1C. The van der Waals surface area contributed by atoms with Crippen LogP contribution in [0.3, 0.4) is 0 Å². The highest BCUT2D eigenvalue weighted by molar-refractivity contribution is 5.78. The number of anilines is 1. The van der Waals surface area contributed by atoms with E-state index in [1.807, 2.05) is 14.1 Å². The molecule has 4 heteroatoms. The van der Waals surface area contributed by atoms with Crippen LogP contribution in [-0.4, -0.2) is 26.1 Å². The molecule has 0 heterocycles. The molecule has 0 fully saturated rings. The van der Waals surface area contributed by atoms with Gasteiger partial charge in [0.25, 0.3) is 0 Å². The highest BCUT2D eigenvalue weighted by Gasteiger charge is 2.02. The zero-order valence-electron chi connectivity index (χ0n) is 12.7. The van der Waals surface area contributed by atoms with E-state index in [-0.39, 0.29) is 0 Å². The fourth-order valence-corrected chi connectivity index (χ4v) is 1.71. The Morgan fingerprint density at radius 1 is 1.42 bits per heavy atom. The van der Waals surface area contributed by atoms with E-state index in [1.165, 1.54) is 16.8 Å². The number of aryl methyl sites for hydroxylation is 1. The predicted molar refractivity (Wildman–Crippen MR) is 83.7 cm³/mol. The Bertz CT molecular complexity index is 438. The largest absolute Gasteiger partial charge is 0.378 e. The summed E-state index contributed by atoms with van der Waals surface area (Å²) < 4.78 is 0. The molecule has 19 heavy (non-hydrogen) atoms. The Kier molecular flexibility index (Phi) is 5.67. The molecule has 1 atom stereocenters. The van der Waals surface area contributed by atoms with Gasteiger partial charge in [0.05, 0.1) is 6.54 Å². The summed E-state index contributed by atoms with van der Waals surface area (Å²) in [5.41, 5.74) is 9.51. The van der Waals surface area contributed by atoms with E-state index < -0.39 is 0 Å². The molecule has 106 valence electrons. The van der Waals surface area contributed by atoms with Crippen LogP contribution in [0, 0.1) is 6.92 Å². The predicted octanol–water partition coefficient (Wildman–Crippen LogP) is 2.26. The highest BCUT2D eigenvalue weighted by atomic mass is 15.1. The molecule has 0 aliphatic rings. The molecule has 0 aromatic heterocycles. The van der Waals surface area contributed by atoms with Crippen LogP contribution in [0.25, 0.3) is 0 Å². The van der Waals surface area contributed by atoms with Gasteiger partial charge in [-0.2, -0.15) is 0 Å². The van der Waals surface area contributed by atoms with Gasteiger partial charge in [-0.25, -0.2) is 4.99 Å². The minimum atomic E-state index is 0.362. The van der Waals surface area contributed by atoms with Crippen LogP contribution in [0.15, 0.2) is 23.2 Å². The van der Waals surface area contributed by atoms with Crippen molar-refractivity contribution in [2.45, 2.75) is 39.8 Å². The third kappa shape index (κ3) is 4.81. The number of hydrogen-bond acceptors (Lipinski definition) is 2. The molecule has 3 N–H and O–H groups in total. The van der Waals surface area contributed by atoms with Crippen molar-refractivity contribution in [1.82, 2.24) is 5.32 Å². The summed E-state index contributed by atoms with van der Waals surface area (Å²) in [6.07, 6.45) is 1.03. The lowest BCUT2D eigenvalue weighted by molar-refractivity contribution is 0.636. The van der Waals surface area contributed by atoms with Crippen molar-refractivity contribution in [2.75, 3.05) is 19.0 Å². The van der Waals surface area contributed by atoms with Crippen molar-refractivity contribution in [3.63, 3.8) is 0 Å². The fraction of sp³-hybridized carbons (Fsp3) is 0.533. The van der Waals surface area contributed by atoms with Crippen molar-refractivity contribution in [3.8, 4) is 0 Å². The van der Waals surface area contributed by atoms with Gasteiger partial charge in [-0.1, -0.05) is 13.0 Å². The number of nitrogens with one attached hydrogen (secondary N) is 1. The Morgan fingerprint density at radius 3 is 2.63 bits per heavy atom. The zero-order valence-corrected chi connectivity index (χ0v) is 12.7. The van der Waals surface area contributed by atoms with Crippen LogP contribution in [-0.2, 0) is 6.54 Å². The van der Waals surface area contributed by atoms with Gasteiger partial charge >= 0.3 is 0 Å². The minimum Gasteiger partial charge on any atom is -0.378 e. The monoisotopic (exact) mass is 262 g/mol. The molecule has 0 radical (unpaired) electrons. The minimum absolute atomic E-state index is 0.362. The van der Waals surface area contributed by atoms with Crippen molar-refractivity contribution < 1.29 is 0 Å². The van der Waals surface area contributed by atoms with Crippen LogP contribution < -0.4 is 16.0 Å². The van der Waals surface area contributed by atoms with Crippen LogP contribution in [0.4, 0.5) is 5.69 Å². The topological polar surface area (TPSA) is 53.6 Å². The molecular formula is C15H26N4. The molecule has 4 nitrogen and oxygen atoms in total. The van der Waals surface area contributed by atoms with Crippen molar-refractivity contribution >= 4 is 11.6 Å². The number of benzene rings is 1. The quantitative estimate of drug-likeness (QED) is 0.632. The molecule has 0 spiro atoms. The molecule has 0 amide bonds. The van der Waals surface area contributed by atoms with Gasteiger partial charge in [0.2, 0.25) is 0 Å². The van der Waals surface area contributed by atoms with Gasteiger partial charge in [-0.15, -0.1) is 0 Å². The van der Waals surface area contributed by atoms with Crippen LogP contribution in [0.2, 0.25) is 0 Å². The van der Waals surface area contributed by atoms with Gasteiger partial charge in [0, 0.05) is 25.8 Å². The molecule has 1 unspecified atom stereocenters. The maximum absolute atomic E-state index is 5.86. The van der Waals surface area contributed by atoms with Crippen LogP contribution in [0.5, 0.6) is 0 Å². The summed E-state index contributed by atoms with van der Waals surface area (Å²) in [6.45, 7) is 6.94. The first-order chi connectivity index (χ1) is 8.93. The second-order valence-corrected chi connectivity index (χ2v) is 5.16. The lowest BCUT2D eigenvalue weighted by Gasteiger charge is -2.15. The smallest absolute Gasteiger partial charge is 0.189 e. The summed E-state index contributed by atoms with van der Waals surface area (Å²) in [6, 6.07) is 6.75. The molecule has 0 aliphatic heterocycles. The Hall–Kier alpha value is -1.71. The first kappa shape index (κ1) is 15.3. The zero-order chi connectivity index (χ0) is 14.4. The molecule has 0 bridgehead atoms. The Labute approximate surface area is 116 Å². The lowest BCUT2D eigenvalue weighted by Crippen LogP contribution is -2.38. The van der Waals surface area contributed by atoms with Crippen molar-refractivity contribution in [2.24, 2.45) is 10.7 Å². The van der Waals surface area contributed by atoms with E-state index in [2.05, 4.69) is 54.2 Å². The molecular weight excluding hydrogens is 236 g/mol. The number of rotatable bonds is 5. The van der Waals surface area contributed by atoms with E-state index >= 15 is 0 Å². The molecule has 1 aromatic rings. The first-order valence-electron chi connectivity index (χ1n) is 6.77. The summed E-state index contributed by atoms with van der Waals surface area (Å²) in [4.78, 5) is 6.48. The Morgan fingerprint density at radius 2 is 2.11 bits per heavy atom. The lowest BCUT2D eigenvalue weighted by atomic mass is 10.1. The van der Waals surface area contributed by atoms with Gasteiger partial charge < -0.3 is 16.0 Å². The van der Waals surface area contributed by atoms with Gasteiger partial charge in [-0.3, -0.25) is 0 Å². The first-order valence-corrected chi connectivity index (χ1v) is 6.77. The summed E-state index contributed by atoms with van der Waals surface area (Å²) in [5, 5.41) is 3.17. The number of nitrogens with zero attached hydrogens (tertiary/aromatic N) is 2. The van der Waals surface area contributed by atoms with E-state index in [4.69, 9.17) is 5.73 Å². The van der Waals surface area contributed by atoms with Crippen LogP contribution >= 0.6 is 0 Å². The molecule has 1 rings (SSSR count). The maximum atomic E-state index is 5.86. The van der Waals surface area contributed by atoms with Crippen molar-refractivity contribution in [3.05, 3.63) is 29.3 Å². The van der Waals surface area contributed by atoms with Crippen molar-refractivity contribution in [1.29, 1.82) is 0 Å². The van der Waals surface area contributed by atoms with Gasteiger partial charge in [0.1, 0.15) is 0 Å². The molecule has 0 aliphatic carbocycles. The maximum Gasteiger partial charge on any atom is 0.189 e. The normalized spacial score (nSPS) is 13.2. The number of nitrogens with two attached hydrogens (primary N) is 1. The highest BCUT2D eigenvalue weighted by Crippen LogP contribution is 2.17. The third-order valence-electron chi connectivity index (χ3n) is 3.27. The Balaban J connectivity index is 2.70. The number of hydrogen-bond donors (Lipinski definition) is 2. The van der Waals surface area contributed by atoms with E-state index in [9.17, 15) is 0 Å². The summed E-state index contributed by atoms with van der Waals surface area (Å²) in [5.74, 6) is 0.519. The number of guanidine groups is 1.